The van der Waals surface area contributed by atoms with E-state index in [0.29, 0.717) is 12.6 Å². The number of nitrogens with one attached hydrogen (secondary N) is 1. The topological polar surface area (TPSA) is 44.7 Å². The zero-order valence-corrected chi connectivity index (χ0v) is 8.73. The second kappa shape index (κ2) is 5.42. The van der Waals surface area contributed by atoms with Gasteiger partial charge in [0.1, 0.15) is 0 Å². The molecular weight excluding hydrogens is 178 g/mol. The number of rotatable bonds is 2. The maximum absolute atomic E-state index is 11.0. The first kappa shape index (κ1) is 10.8. The van der Waals surface area contributed by atoms with E-state index in [1.807, 2.05) is 0 Å². The van der Waals surface area contributed by atoms with Gasteiger partial charge in [-0.1, -0.05) is 6.92 Å². The lowest BCUT2D eigenvalue weighted by molar-refractivity contribution is -0.116. The van der Waals surface area contributed by atoms with Crippen LogP contribution >= 0.6 is 0 Å². The van der Waals surface area contributed by atoms with Crippen LogP contribution in [0.4, 0.5) is 0 Å². The zero-order chi connectivity index (χ0) is 10.4. The molecule has 0 saturated carbocycles. The van der Waals surface area contributed by atoms with Gasteiger partial charge in [-0.3, -0.25) is 4.79 Å². The molecule has 1 atom stereocenters. The Balaban J connectivity index is 2.59. The van der Waals surface area contributed by atoms with Gasteiger partial charge in [0.15, 0.2) is 0 Å². The molecule has 1 amide bonds. The maximum atomic E-state index is 11.0. The van der Waals surface area contributed by atoms with Crippen molar-refractivity contribution in [3.63, 3.8) is 0 Å². The fourth-order valence-corrected chi connectivity index (χ4v) is 1.23. The lowest BCUT2D eigenvalue weighted by atomic mass is 10.2. The number of nitrogens with zero attached hydrogens (tertiary/aromatic N) is 2. The third kappa shape index (κ3) is 3.20. The highest BCUT2D eigenvalue weighted by molar-refractivity contribution is 5.87. The van der Waals surface area contributed by atoms with Crippen LogP contribution in [0.15, 0.2) is 17.3 Å². The Morgan fingerprint density at radius 3 is 3.21 bits per heavy atom. The van der Waals surface area contributed by atoms with Gasteiger partial charge in [0.25, 0.3) is 0 Å². The van der Waals surface area contributed by atoms with Gasteiger partial charge < -0.3 is 10.2 Å². The second-order valence-electron chi connectivity index (χ2n) is 3.37. The summed E-state index contributed by atoms with van der Waals surface area (Å²) in [4.78, 5) is 17.2. The Bertz CT molecular complexity index is 248. The second-order valence-corrected chi connectivity index (χ2v) is 3.37. The number of hydrogen-bond acceptors (Lipinski definition) is 3. The predicted octanol–water partition coefficient (Wildman–Crippen LogP) is 0.759. The largest absolute Gasteiger partial charge is 0.358 e. The summed E-state index contributed by atoms with van der Waals surface area (Å²) < 4.78 is 0. The Kier molecular flexibility index (Phi) is 4.16. The highest BCUT2D eigenvalue weighted by Gasteiger charge is 2.08. The molecule has 0 bridgehead atoms. The molecule has 0 aromatic rings. The third-order valence-corrected chi connectivity index (χ3v) is 2.35. The fraction of sp³-hybridized carbons (Fsp3) is 0.600. The van der Waals surface area contributed by atoms with Crippen LogP contribution in [0.2, 0.25) is 0 Å². The van der Waals surface area contributed by atoms with Crippen LogP contribution in [-0.2, 0) is 4.79 Å². The summed E-state index contributed by atoms with van der Waals surface area (Å²) >= 11 is 0. The van der Waals surface area contributed by atoms with E-state index in [4.69, 9.17) is 0 Å². The number of carbonyl (C=O) groups is 1. The van der Waals surface area contributed by atoms with Crippen LogP contribution in [0.5, 0.6) is 0 Å². The molecule has 0 aromatic heterocycles. The summed E-state index contributed by atoms with van der Waals surface area (Å²) in [6.07, 6.45) is 5.83. The van der Waals surface area contributed by atoms with E-state index < -0.39 is 0 Å². The van der Waals surface area contributed by atoms with Crippen molar-refractivity contribution >= 4 is 12.2 Å². The molecule has 78 valence electrons. The number of aliphatic imine (C=N–C) groups is 1. The molecule has 1 unspecified atom stereocenters. The SMILES string of the molecule is CCC(C)N1/C=N\C=C/C(=O)NCC1. The molecule has 0 saturated heterocycles. The van der Waals surface area contributed by atoms with Crippen molar-refractivity contribution in [2.45, 2.75) is 26.3 Å². The summed E-state index contributed by atoms with van der Waals surface area (Å²) in [6.45, 7) is 5.76. The van der Waals surface area contributed by atoms with Crippen LogP contribution in [-0.4, -0.2) is 36.3 Å². The third-order valence-electron chi connectivity index (χ3n) is 2.35. The first-order chi connectivity index (χ1) is 6.74. The molecule has 1 aliphatic rings. The van der Waals surface area contributed by atoms with Crippen molar-refractivity contribution < 1.29 is 4.79 Å². The summed E-state index contributed by atoms with van der Waals surface area (Å²) in [5.74, 6) is -0.0758. The molecule has 0 spiro atoms. The van der Waals surface area contributed by atoms with E-state index in [1.165, 1.54) is 12.3 Å². The maximum Gasteiger partial charge on any atom is 0.245 e. The highest BCUT2D eigenvalue weighted by atomic mass is 16.1. The lowest BCUT2D eigenvalue weighted by Gasteiger charge is -2.25. The molecule has 0 fully saturated rings. The van der Waals surface area contributed by atoms with E-state index in [0.717, 1.165) is 13.0 Å². The highest BCUT2D eigenvalue weighted by Crippen LogP contribution is 2.00. The van der Waals surface area contributed by atoms with Crippen LogP contribution in [0.3, 0.4) is 0 Å². The molecule has 14 heavy (non-hydrogen) atoms. The van der Waals surface area contributed by atoms with Crippen molar-refractivity contribution in [1.29, 1.82) is 0 Å². The average molecular weight is 195 g/mol. The summed E-state index contributed by atoms with van der Waals surface area (Å²) in [5, 5.41) is 2.79. The van der Waals surface area contributed by atoms with Gasteiger partial charge in [-0.2, -0.15) is 0 Å². The van der Waals surface area contributed by atoms with Gasteiger partial charge in [-0.15, -0.1) is 0 Å². The smallest absolute Gasteiger partial charge is 0.245 e. The Labute approximate surface area is 84.7 Å². The summed E-state index contributed by atoms with van der Waals surface area (Å²) in [5.41, 5.74) is 0. The monoisotopic (exact) mass is 195 g/mol. The van der Waals surface area contributed by atoms with E-state index in [-0.39, 0.29) is 5.91 Å². The minimum absolute atomic E-state index is 0.0758. The average Bonchev–Trinajstić information content (AvgIpc) is 2.29. The number of amides is 1. The van der Waals surface area contributed by atoms with Gasteiger partial charge in [0.2, 0.25) is 5.91 Å². The number of hydrogen-bond donors (Lipinski definition) is 1. The van der Waals surface area contributed by atoms with Crippen molar-refractivity contribution in [3.8, 4) is 0 Å². The summed E-state index contributed by atoms with van der Waals surface area (Å²) in [7, 11) is 0. The Morgan fingerprint density at radius 1 is 1.71 bits per heavy atom. The molecular formula is C10H17N3O. The van der Waals surface area contributed by atoms with Crippen LogP contribution in [0.1, 0.15) is 20.3 Å². The first-order valence-electron chi connectivity index (χ1n) is 4.97. The molecule has 1 N–H and O–H groups in total. The van der Waals surface area contributed by atoms with E-state index in [1.54, 1.807) is 6.34 Å². The van der Waals surface area contributed by atoms with Crippen LogP contribution in [0.25, 0.3) is 0 Å². The Hall–Kier alpha value is -1.32. The molecule has 1 heterocycles. The minimum atomic E-state index is -0.0758. The number of carbonyl (C=O) groups excluding carboxylic acids is 1. The van der Waals surface area contributed by atoms with E-state index in [2.05, 4.69) is 29.1 Å². The predicted molar refractivity (Wildman–Crippen MR) is 57.1 cm³/mol. The van der Waals surface area contributed by atoms with Crippen molar-refractivity contribution in [1.82, 2.24) is 10.2 Å². The van der Waals surface area contributed by atoms with Gasteiger partial charge in [0, 0.05) is 31.4 Å². The molecule has 0 aromatic carbocycles. The fourth-order valence-electron chi connectivity index (χ4n) is 1.23. The van der Waals surface area contributed by atoms with Gasteiger partial charge >= 0.3 is 0 Å². The van der Waals surface area contributed by atoms with Crippen LogP contribution in [0, 0.1) is 0 Å². The first-order valence-corrected chi connectivity index (χ1v) is 4.97. The van der Waals surface area contributed by atoms with E-state index in [9.17, 15) is 4.79 Å². The molecule has 0 aliphatic carbocycles. The quantitative estimate of drug-likeness (QED) is 0.707. The molecule has 1 rings (SSSR count). The minimum Gasteiger partial charge on any atom is -0.358 e. The molecule has 4 nitrogen and oxygen atoms in total. The van der Waals surface area contributed by atoms with Crippen LogP contribution < -0.4 is 5.32 Å². The standard InChI is InChI=1S/C10H17N3O/c1-3-9(2)13-7-6-12-10(14)4-5-11-8-13/h4-5,8-9H,3,6-7H2,1-2H3,(H,12,14)/b5-4-,11-8-. The van der Waals surface area contributed by atoms with Crippen molar-refractivity contribution in [3.05, 3.63) is 12.3 Å². The lowest BCUT2D eigenvalue weighted by Crippen LogP contribution is -2.37. The van der Waals surface area contributed by atoms with Crippen molar-refractivity contribution in [2.75, 3.05) is 13.1 Å². The normalized spacial score (nSPS) is 24.1. The molecule has 1 aliphatic heterocycles. The van der Waals surface area contributed by atoms with Gasteiger partial charge in [-0.25, -0.2) is 4.99 Å². The molecule has 0 radical (unpaired) electrons. The zero-order valence-electron chi connectivity index (χ0n) is 8.73. The molecule has 4 heteroatoms. The van der Waals surface area contributed by atoms with Gasteiger partial charge in [-0.05, 0) is 13.3 Å². The Morgan fingerprint density at radius 2 is 2.50 bits per heavy atom. The van der Waals surface area contributed by atoms with Crippen molar-refractivity contribution in [2.24, 2.45) is 4.99 Å². The summed E-state index contributed by atoms with van der Waals surface area (Å²) in [6, 6.07) is 0.460. The van der Waals surface area contributed by atoms with E-state index >= 15 is 0 Å². The van der Waals surface area contributed by atoms with Gasteiger partial charge in [0.05, 0.1) is 6.34 Å².